The van der Waals surface area contributed by atoms with Gasteiger partial charge in [0.2, 0.25) is 10.0 Å². The van der Waals surface area contributed by atoms with Crippen molar-refractivity contribution in [3.8, 4) is 0 Å². The number of likely N-dealkylation sites (tertiary alicyclic amines) is 1. The predicted molar refractivity (Wildman–Crippen MR) is 125 cm³/mol. The number of piperidine rings is 1. The SMILES string of the molecule is CC(c1ccc(C(=O)N2CCCCC2CO)cc1)N1CCCC(c2ccccc2)S1(=O)=O. The van der Waals surface area contributed by atoms with E-state index in [4.69, 9.17) is 0 Å². The molecule has 2 aliphatic heterocycles. The second-order valence-corrected chi connectivity index (χ2v) is 10.9. The molecule has 172 valence electrons. The van der Waals surface area contributed by atoms with Crippen molar-refractivity contribution >= 4 is 15.9 Å². The minimum atomic E-state index is -3.49. The molecule has 0 bridgehead atoms. The van der Waals surface area contributed by atoms with E-state index >= 15 is 0 Å². The number of hydrogen-bond donors (Lipinski definition) is 1. The summed E-state index contributed by atoms with van der Waals surface area (Å²) in [7, 11) is -3.49. The smallest absolute Gasteiger partial charge is 0.254 e. The Balaban J connectivity index is 1.52. The van der Waals surface area contributed by atoms with Crippen LogP contribution in [0.25, 0.3) is 0 Å². The Kier molecular flexibility index (Phi) is 6.98. The summed E-state index contributed by atoms with van der Waals surface area (Å²) in [6, 6.07) is 16.3. The zero-order chi connectivity index (χ0) is 22.7. The van der Waals surface area contributed by atoms with Gasteiger partial charge in [0.05, 0.1) is 12.6 Å². The molecule has 2 aromatic carbocycles. The molecule has 2 heterocycles. The van der Waals surface area contributed by atoms with Crippen LogP contribution in [0, 0.1) is 0 Å². The summed E-state index contributed by atoms with van der Waals surface area (Å²) in [5.41, 5.74) is 2.28. The number of nitrogens with zero attached hydrogens (tertiary/aromatic N) is 2. The number of rotatable bonds is 5. The predicted octanol–water partition coefficient (Wildman–Crippen LogP) is 3.90. The van der Waals surface area contributed by atoms with Crippen LogP contribution in [-0.2, 0) is 10.0 Å². The van der Waals surface area contributed by atoms with E-state index in [1.165, 1.54) is 0 Å². The first kappa shape index (κ1) is 23.0. The van der Waals surface area contributed by atoms with Crippen LogP contribution in [0.5, 0.6) is 0 Å². The molecule has 0 spiro atoms. The van der Waals surface area contributed by atoms with E-state index in [-0.39, 0.29) is 24.6 Å². The third-order valence-corrected chi connectivity index (χ3v) is 9.25. The quantitative estimate of drug-likeness (QED) is 0.740. The third kappa shape index (κ3) is 4.47. The maximum Gasteiger partial charge on any atom is 0.254 e. The number of carbonyl (C=O) groups is 1. The summed E-state index contributed by atoms with van der Waals surface area (Å²) in [4.78, 5) is 14.7. The fourth-order valence-electron chi connectivity index (χ4n) is 4.99. The first-order chi connectivity index (χ1) is 15.4. The maximum atomic E-state index is 13.4. The summed E-state index contributed by atoms with van der Waals surface area (Å²) in [5.74, 6) is -0.0716. The molecule has 2 fully saturated rings. The first-order valence-corrected chi connectivity index (χ1v) is 13.0. The molecule has 0 aromatic heterocycles. The summed E-state index contributed by atoms with van der Waals surface area (Å²) < 4.78 is 28.4. The lowest BCUT2D eigenvalue weighted by Gasteiger charge is -2.37. The van der Waals surface area contributed by atoms with Crippen molar-refractivity contribution in [1.82, 2.24) is 9.21 Å². The molecule has 32 heavy (non-hydrogen) atoms. The fraction of sp³-hybridized carbons (Fsp3) is 0.480. The number of aliphatic hydroxyl groups excluding tert-OH is 1. The van der Waals surface area contributed by atoms with Gasteiger partial charge in [-0.05, 0) is 62.3 Å². The van der Waals surface area contributed by atoms with Crippen LogP contribution in [0.4, 0.5) is 0 Å². The normalized spacial score (nSPS) is 24.8. The second kappa shape index (κ2) is 9.73. The van der Waals surface area contributed by atoms with Gasteiger partial charge in [-0.2, -0.15) is 4.31 Å². The van der Waals surface area contributed by atoms with Crippen LogP contribution >= 0.6 is 0 Å². The molecule has 0 aliphatic carbocycles. The van der Waals surface area contributed by atoms with Gasteiger partial charge in [-0.3, -0.25) is 4.79 Å². The molecular weight excluding hydrogens is 424 g/mol. The molecule has 1 amide bonds. The number of aliphatic hydroxyl groups is 1. The van der Waals surface area contributed by atoms with Crippen molar-refractivity contribution in [1.29, 1.82) is 0 Å². The number of sulfonamides is 1. The van der Waals surface area contributed by atoms with Crippen molar-refractivity contribution in [2.75, 3.05) is 19.7 Å². The van der Waals surface area contributed by atoms with Gasteiger partial charge < -0.3 is 10.0 Å². The largest absolute Gasteiger partial charge is 0.394 e. The molecule has 4 rings (SSSR count). The van der Waals surface area contributed by atoms with Crippen LogP contribution in [0.2, 0.25) is 0 Å². The first-order valence-electron chi connectivity index (χ1n) is 11.5. The monoisotopic (exact) mass is 456 g/mol. The van der Waals surface area contributed by atoms with Gasteiger partial charge in [-0.1, -0.05) is 42.5 Å². The van der Waals surface area contributed by atoms with Gasteiger partial charge in [0.15, 0.2) is 0 Å². The zero-order valence-electron chi connectivity index (χ0n) is 18.6. The Labute approximate surface area is 190 Å². The van der Waals surface area contributed by atoms with Crippen molar-refractivity contribution in [3.05, 3.63) is 71.3 Å². The lowest BCUT2D eigenvalue weighted by molar-refractivity contribution is 0.0503. The minimum Gasteiger partial charge on any atom is -0.394 e. The van der Waals surface area contributed by atoms with E-state index in [0.29, 0.717) is 25.1 Å². The Hall–Kier alpha value is -2.22. The van der Waals surface area contributed by atoms with Crippen molar-refractivity contribution in [2.24, 2.45) is 0 Å². The maximum absolute atomic E-state index is 13.4. The Morgan fingerprint density at radius 3 is 2.41 bits per heavy atom. The Morgan fingerprint density at radius 1 is 1.00 bits per heavy atom. The van der Waals surface area contributed by atoms with E-state index in [2.05, 4.69) is 0 Å². The van der Waals surface area contributed by atoms with E-state index in [1.807, 2.05) is 49.4 Å². The van der Waals surface area contributed by atoms with E-state index in [9.17, 15) is 18.3 Å². The van der Waals surface area contributed by atoms with Crippen LogP contribution in [0.1, 0.15) is 71.8 Å². The number of benzene rings is 2. The number of carbonyl (C=O) groups excluding carboxylic acids is 1. The van der Waals surface area contributed by atoms with Gasteiger partial charge in [0.25, 0.3) is 5.91 Å². The van der Waals surface area contributed by atoms with Gasteiger partial charge >= 0.3 is 0 Å². The van der Waals surface area contributed by atoms with Gasteiger partial charge in [-0.25, -0.2) is 8.42 Å². The second-order valence-electron chi connectivity index (χ2n) is 8.83. The summed E-state index contributed by atoms with van der Waals surface area (Å²) in [5, 5.41) is 9.10. The molecule has 6 nitrogen and oxygen atoms in total. The van der Waals surface area contributed by atoms with Crippen LogP contribution in [0.15, 0.2) is 54.6 Å². The molecule has 3 atom stereocenters. The molecule has 3 unspecified atom stereocenters. The van der Waals surface area contributed by atoms with Crippen LogP contribution in [0.3, 0.4) is 0 Å². The van der Waals surface area contributed by atoms with E-state index in [0.717, 1.165) is 36.8 Å². The Bertz CT molecular complexity index is 1020. The van der Waals surface area contributed by atoms with Crippen molar-refractivity contribution in [2.45, 2.75) is 56.4 Å². The molecule has 0 radical (unpaired) electrons. The lowest BCUT2D eigenvalue weighted by Crippen LogP contribution is -2.45. The Morgan fingerprint density at radius 2 is 1.72 bits per heavy atom. The summed E-state index contributed by atoms with van der Waals surface area (Å²) in [6.07, 6.45) is 4.25. The van der Waals surface area contributed by atoms with Crippen molar-refractivity contribution < 1.29 is 18.3 Å². The van der Waals surface area contributed by atoms with Crippen LogP contribution < -0.4 is 0 Å². The van der Waals surface area contributed by atoms with E-state index < -0.39 is 15.3 Å². The highest BCUT2D eigenvalue weighted by Gasteiger charge is 2.39. The highest BCUT2D eigenvalue weighted by atomic mass is 32.2. The van der Waals surface area contributed by atoms with Gasteiger partial charge in [0.1, 0.15) is 5.25 Å². The zero-order valence-corrected chi connectivity index (χ0v) is 19.4. The molecule has 2 aromatic rings. The average molecular weight is 457 g/mol. The van der Waals surface area contributed by atoms with Gasteiger partial charge in [-0.15, -0.1) is 0 Å². The van der Waals surface area contributed by atoms with Crippen LogP contribution in [-0.4, -0.2) is 54.4 Å². The molecule has 1 N–H and O–H groups in total. The summed E-state index contributed by atoms with van der Waals surface area (Å²) >= 11 is 0. The molecule has 0 saturated carbocycles. The van der Waals surface area contributed by atoms with Gasteiger partial charge in [0, 0.05) is 24.7 Å². The average Bonchev–Trinajstić information content (AvgIpc) is 2.83. The lowest BCUT2D eigenvalue weighted by atomic mass is 10.00. The topological polar surface area (TPSA) is 77.9 Å². The fourth-order valence-corrected chi connectivity index (χ4v) is 7.23. The van der Waals surface area contributed by atoms with Crippen molar-refractivity contribution in [3.63, 3.8) is 0 Å². The third-order valence-electron chi connectivity index (χ3n) is 6.87. The standard InChI is InChI=1S/C25H32N2O4S/c1-19(27-17-7-11-24(32(27,30)31)21-8-3-2-4-9-21)20-12-14-22(15-13-20)25(29)26-16-6-5-10-23(26)18-28/h2-4,8-9,12-15,19,23-24,28H,5-7,10-11,16-18H2,1H3. The molecule has 2 saturated heterocycles. The molecule has 2 aliphatic rings. The van der Waals surface area contributed by atoms with E-state index in [1.54, 1.807) is 21.3 Å². The minimum absolute atomic E-state index is 0.0176. The highest BCUT2D eigenvalue weighted by molar-refractivity contribution is 7.89. The molecule has 7 heteroatoms. The molecular formula is C25H32N2O4S. The number of amides is 1. The summed E-state index contributed by atoms with van der Waals surface area (Å²) in [6.45, 7) is 3.05. The number of hydrogen-bond acceptors (Lipinski definition) is 4. The highest BCUT2D eigenvalue weighted by Crippen LogP contribution is 2.38.